The monoisotopic (exact) mass is 361 g/mol. The molecule has 1 saturated heterocycles. The number of amides is 1. The molecule has 1 amide bonds. The van der Waals surface area contributed by atoms with E-state index in [1.807, 2.05) is 17.0 Å². The van der Waals surface area contributed by atoms with Crippen LogP contribution in [0.3, 0.4) is 0 Å². The summed E-state index contributed by atoms with van der Waals surface area (Å²) in [6, 6.07) is 12.9. The molecule has 0 bridgehead atoms. The lowest BCUT2D eigenvalue weighted by molar-refractivity contribution is 0.0655. The number of rotatable bonds is 3. The van der Waals surface area contributed by atoms with Crippen molar-refractivity contribution in [1.82, 2.24) is 14.8 Å². The molecule has 136 valence electrons. The van der Waals surface area contributed by atoms with Gasteiger partial charge in [0, 0.05) is 37.1 Å². The van der Waals surface area contributed by atoms with Crippen LogP contribution in [0.25, 0.3) is 0 Å². The average molecular weight is 362 g/mol. The van der Waals surface area contributed by atoms with Crippen molar-refractivity contribution in [2.75, 3.05) is 19.6 Å². The number of benzene rings is 1. The number of nitrogens with one attached hydrogen (secondary N) is 1. The first-order chi connectivity index (χ1) is 11.5. The maximum atomic E-state index is 13.0. The molecule has 2 aromatic rings. The molecule has 1 unspecified atom stereocenters. The van der Waals surface area contributed by atoms with Crippen molar-refractivity contribution in [3.63, 3.8) is 0 Å². The summed E-state index contributed by atoms with van der Waals surface area (Å²) < 4.78 is 2.27. The van der Waals surface area contributed by atoms with E-state index in [1.54, 1.807) is 0 Å². The Morgan fingerprint density at radius 2 is 1.92 bits per heavy atom. The summed E-state index contributed by atoms with van der Waals surface area (Å²) in [6.07, 6.45) is 0. The first-order valence-electron chi connectivity index (χ1n) is 8.75. The zero-order valence-corrected chi connectivity index (χ0v) is 16.3. The summed E-state index contributed by atoms with van der Waals surface area (Å²) in [5.74, 6) is 0.156. The average Bonchev–Trinajstić information content (AvgIpc) is 2.89. The van der Waals surface area contributed by atoms with Gasteiger partial charge in [-0.25, -0.2) is 0 Å². The van der Waals surface area contributed by atoms with Gasteiger partial charge in [0.05, 0.1) is 11.6 Å². The number of hydrogen-bond donors (Lipinski definition) is 1. The second-order valence-corrected chi connectivity index (χ2v) is 6.79. The van der Waals surface area contributed by atoms with Crippen molar-refractivity contribution in [1.29, 1.82) is 0 Å². The normalized spacial score (nSPS) is 18.6. The molecule has 0 saturated carbocycles. The highest BCUT2D eigenvalue weighted by Gasteiger charge is 2.27. The van der Waals surface area contributed by atoms with Gasteiger partial charge in [-0.1, -0.05) is 30.3 Å². The number of nitrogens with zero attached hydrogens (tertiary/aromatic N) is 2. The fourth-order valence-corrected chi connectivity index (χ4v) is 3.77. The second-order valence-electron chi connectivity index (χ2n) is 6.79. The Morgan fingerprint density at radius 1 is 1.24 bits per heavy atom. The van der Waals surface area contributed by atoms with Gasteiger partial charge in [0.2, 0.25) is 0 Å². The molecular formula is C20H28ClN3O. The fraction of sp³-hybridized carbons (Fsp3) is 0.450. The van der Waals surface area contributed by atoms with Crippen LogP contribution in [0.1, 0.15) is 47.2 Å². The van der Waals surface area contributed by atoms with E-state index in [1.165, 1.54) is 5.56 Å². The summed E-state index contributed by atoms with van der Waals surface area (Å²) in [5.41, 5.74) is 4.28. The Bertz CT molecular complexity index is 726. The van der Waals surface area contributed by atoms with Gasteiger partial charge in [0.1, 0.15) is 0 Å². The predicted octanol–water partition coefficient (Wildman–Crippen LogP) is 3.57. The van der Waals surface area contributed by atoms with Crippen molar-refractivity contribution in [3.05, 3.63) is 58.9 Å². The van der Waals surface area contributed by atoms with Crippen LogP contribution in [0.2, 0.25) is 0 Å². The molecule has 0 radical (unpaired) electrons. The fourth-order valence-electron chi connectivity index (χ4n) is 3.77. The number of aromatic nitrogens is 1. The first kappa shape index (κ1) is 19.5. The molecule has 5 heteroatoms. The largest absolute Gasteiger partial charge is 0.341 e. The van der Waals surface area contributed by atoms with E-state index in [9.17, 15) is 4.79 Å². The van der Waals surface area contributed by atoms with Gasteiger partial charge in [-0.05, 0) is 39.3 Å². The highest BCUT2D eigenvalue weighted by atomic mass is 35.5. The Balaban J connectivity index is 0.00000225. The van der Waals surface area contributed by atoms with Crippen molar-refractivity contribution >= 4 is 18.3 Å². The van der Waals surface area contributed by atoms with Gasteiger partial charge in [-0.3, -0.25) is 4.79 Å². The highest BCUT2D eigenvalue weighted by molar-refractivity contribution is 5.96. The van der Waals surface area contributed by atoms with Gasteiger partial charge >= 0.3 is 0 Å². The molecule has 1 fully saturated rings. The van der Waals surface area contributed by atoms with Crippen molar-refractivity contribution in [3.8, 4) is 0 Å². The molecule has 4 nitrogen and oxygen atoms in total. The molecule has 25 heavy (non-hydrogen) atoms. The number of carbonyl (C=O) groups excluding carboxylic acids is 1. The van der Waals surface area contributed by atoms with Gasteiger partial charge in [0.25, 0.3) is 5.91 Å². The first-order valence-corrected chi connectivity index (χ1v) is 8.75. The third-order valence-electron chi connectivity index (χ3n) is 5.15. The minimum Gasteiger partial charge on any atom is -0.341 e. The molecule has 1 aromatic carbocycles. The Labute approximate surface area is 156 Å². The molecule has 0 aliphatic carbocycles. The standard InChI is InChI=1S/C20H27N3O.ClH/c1-14-12-19(20(24)22-11-10-21-13-15(22)2)17(4)23(14)16(3)18-8-6-5-7-9-18;/h5-9,12,15-16,21H,10-11,13H2,1-4H3;1H/t15-,16?;/m1./s1. The Hall–Kier alpha value is -1.78. The minimum atomic E-state index is 0. The lowest BCUT2D eigenvalue weighted by Gasteiger charge is -2.34. The van der Waals surface area contributed by atoms with Crippen LogP contribution in [-0.4, -0.2) is 41.1 Å². The Kier molecular flexibility index (Phi) is 6.31. The smallest absolute Gasteiger partial charge is 0.256 e. The third-order valence-corrected chi connectivity index (χ3v) is 5.15. The van der Waals surface area contributed by atoms with Crippen LogP contribution in [0, 0.1) is 13.8 Å². The van der Waals surface area contributed by atoms with Crippen molar-refractivity contribution in [2.24, 2.45) is 0 Å². The quantitative estimate of drug-likeness (QED) is 0.907. The second kappa shape index (κ2) is 8.07. The summed E-state index contributed by atoms with van der Waals surface area (Å²) in [6.45, 7) is 11.0. The summed E-state index contributed by atoms with van der Waals surface area (Å²) in [7, 11) is 0. The maximum Gasteiger partial charge on any atom is 0.256 e. The van der Waals surface area contributed by atoms with Crippen LogP contribution >= 0.6 is 12.4 Å². The van der Waals surface area contributed by atoms with E-state index < -0.39 is 0 Å². The van der Waals surface area contributed by atoms with Gasteiger partial charge in [-0.2, -0.15) is 0 Å². The van der Waals surface area contributed by atoms with Crippen LogP contribution in [0.4, 0.5) is 0 Å². The number of hydrogen-bond acceptors (Lipinski definition) is 2. The van der Waals surface area contributed by atoms with Gasteiger partial charge in [-0.15, -0.1) is 12.4 Å². The molecule has 2 heterocycles. The minimum absolute atomic E-state index is 0. The molecular weight excluding hydrogens is 334 g/mol. The van der Waals surface area contributed by atoms with E-state index in [0.29, 0.717) is 0 Å². The van der Waals surface area contributed by atoms with E-state index in [0.717, 1.165) is 36.6 Å². The topological polar surface area (TPSA) is 37.3 Å². The molecule has 1 N–H and O–H groups in total. The zero-order chi connectivity index (χ0) is 17.3. The summed E-state index contributed by atoms with van der Waals surface area (Å²) in [5, 5.41) is 3.34. The lowest BCUT2D eigenvalue weighted by Crippen LogP contribution is -2.52. The summed E-state index contributed by atoms with van der Waals surface area (Å²) >= 11 is 0. The molecule has 1 aromatic heterocycles. The van der Waals surface area contributed by atoms with Crippen molar-refractivity contribution < 1.29 is 4.79 Å². The SMILES string of the molecule is Cc1cc(C(=O)N2CCNC[C@H]2C)c(C)n1C(C)c1ccccc1.Cl. The van der Waals surface area contributed by atoms with E-state index >= 15 is 0 Å². The number of halogens is 1. The summed E-state index contributed by atoms with van der Waals surface area (Å²) in [4.78, 5) is 15.0. The number of carbonyl (C=O) groups is 1. The molecule has 0 spiro atoms. The molecule has 2 atom stereocenters. The molecule has 1 aliphatic rings. The number of aryl methyl sites for hydroxylation is 1. The van der Waals surface area contributed by atoms with E-state index in [2.05, 4.69) is 61.8 Å². The van der Waals surface area contributed by atoms with E-state index in [-0.39, 0.29) is 30.4 Å². The van der Waals surface area contributed by atoms with Gasteiger partial charge in [0.15, 0.2) is 0 Å². The third kappa shape index (κ3) is 3.75. The van der Waals surface area contributed by atoms with E-state index in [4.69, 9.17) is 0 Å². The van der Waals surface area contributed by atoms with Crippen molar-refractivity contribution in [2.45, 2.75) is 39.8 Å². The van der Waals surface area contributed by atoms with Crippen LogP contribution in [0.5, 0.6) is 0 Å². The lowest BCUT2D eigenvalue weighted by atomic mass is 10.1. The maximum absolute atomic E-state index is 13.0. The highest BCUT2D eigenvalue weighted by Crippen LogP contribution is 2.26. The molecule has 3 rings (SSSR count). The number of piperazine rings is 1. The predicted molar refractivity (Wildman–Crippen MR) is 105 cm³/mol. The van der Waals surface area contributed by atoms with Crippen LogP contribution in [-0.2, 0) is 0 Å². The zero-order valence-electron chi connectivity index (χ0n) is 15.5. The van der Waals surface area contributed by atoms with Crippen LogP contribution < -0.4 is 5.32 Å². The Morgan fingerprint density at radius 3 is 2.56 bits per heavy atom. The molecule has 1 aliphatic heterocycles. The van der Waals surface area contributed by atoms with Crippen LogP contribution in [0.15, 0.2) is 36.4 Å². The van der Waals surface area contributed by atoms with Gasteiger partial charge < -0.3 is 14.8 Å².